The van der Waals surface area contributed by atoms with Crippen molar-refractivity contribution in [1.29, 1.82) is 0 Å². The van der Waals surface area contributed by atoms with Gasteiger partial charge in [-0.15, -0.1) is 0 Å². The zero-order valence-electron chi connectivity index (χ0n) is 23.2. The van der Waals surface area contributed by atoms with Gasteiger partial charge in [-0.3, -0.25) is 28.4 Å². The van der Waals surface area contributed by atoms with Crippen molar-refractivity contribution in [3.8, 4) is 5.75 Å². The summed E-state index contributed by atoms with van der Waals surface area (Å²) in [6, 6.07) is 21.9. The molecule has 2 heterocycles. The molecule has 1 aromatic heterocycles. The predicted octanol–water partition coefficient (Wildman–Crippen LogP) is 4.48. The van der Waals surface area contributed by atoms with Crippen molar-refractivity contribution in [2.45, 2.75) is 26.1 Å². The number of pyridine rings is 1. The Balaban J connectivity index is 1.21. The summed E-state index contributed by atoms with van der Waals surface area (Å²) in [7, 11) is 0. The van der Waals surface area contributed by atoms with Crippen molar-refractivity contribution in [1.82, 2.24) is 14.8 Å². The number of halogens is 1. The van der Waals surface area contributed by atoms with E-state index < -0.39 is 23.3 Å². The number of carboxylic acid groups (broad SMARTS) is 1. The van der Waals surface area contributed by atoms with Crippen LogP contribution in [0, 0.1) is 12.7 Å². The van der Waals surface area contributed by atoms with Gasteiger partial charge in [-0.25, -0.2) is 8.60 Å². The van der Waals surface area contributed by atoms with Gasteiger partial charge in [0, 0.05) is 49.4 Å². The first-order valence-electron chi connectivity index (χ1n) is 13.7. The van der Waals surface area contributed by atoms with Crippen molar-refractivity contribution in [2.24, 2.45) is 0 Å². The van der Waals surface area contributed by atoms with Gasteiger partial charge in [0.15, 0.2) is 0 Å². The van der Waals surface area contributed by atoms with Crippen LogP contribution in [-0.4, -0.2) is 73.4 Å². The fourth-order valence-electron chi connectivity index (χ4n) is 5.23. The number of benzene rings is 3. The van der Waals surface area contributed by atoms with Crippen LogP contribution < -0.4 is 9.04 Å². The third-order valence-electron chi connectivity index (χ3n) is 7.43. The van der Waals surface area contributed by atoms with Crippen LogP contribution in [0.1, 0.15) is 16.8 Å². The summed E-state index contributed by atoms with van der Waals surface area (Å²) >= 11 is -2.44. The highest BCUT2D eigenvalue weighted by molar-refractivity contribution is 7.80. The van der Waals surface area contributed by atoms with E-state index in [2.05, 4.69) is 9.88 Å². The number of hydrogen-bond acceptors (Lipinski definition) is 6. The number of aryl methyl sites for hydroxylation is 1. The maximum Gasteiger partial charge on any atom is 0.322 e. The molecule has 0 aliphatic carbocycles. The first kappa shape index (κ1) is 29.6. The topological polar surface area (TPSA) is 106 Å². The number of rotatable bonds is 11. The summed E-state index contributed by atoms with van der Waals surface area (Å²) in [6.45, 7) is 4.96. The second-order valence-corrected chi connectivity index (χ2v) is 11.2. The van der Waals surface area contributed by atoms with E-state index in [-0.39, 0.29) is 12.4 Å². The minimum atomic E-state index is -2.44. The van der Waals surface area contributed by atoms with Crippen LogP contribution >= 0.6 is 0 Å². The Morgan fingerprint density at radius 3 is 2.40 bits per heavy atom. The Labute approximate surface area is 246 Å². The second kappa shape index (κ2) is 13.4. The predicted molar refractivity (Wildman–Crippen MR) is 160 cm³/mol. The first-order valence-corrected chi connectivity index (χ1v) is 14.7. The van der Waals surface area contributed by atoms with Gasteiger partial charge in [0.05, 0.1) is 17.7 Å². The van der Waals surface area contributed by atoms with E-state index in [9.17, 15) is 23.1 Å². The lowest BCUT2D eigenvalue weighted by Gasteiger charge is -2.39. The number of fused-ring (bicyclic) bond motifs is 1. The standard InChI is InChI=1S/C31H33FN4O5S/c1-22-18-24(28-4-2-3-5-29(28)33-22)21-41-27-12-10-26(11-13-27)36(42(39)40)20-30(31(37)38)35-16-14-34(15-17-35)19-23-6-8-25(32)9-7-23/h2-13,18,30H,14-17,19-21H2,1H3,(H,37,38)(H,39,40)/t30-/m0/s1. The molecular formula is C31H33FN4O5S. The Morgan fingerprint density at radius 1 is 1.05 bits per heavy atom. The molecule has 4 aromatic rings. The van der Waals surface area contributed by atoms with E-state index >= 15 is 0 Å². The van der Waals surface area contributed by atoms with Gasteiger partial charge < -0.3 is 9.84 Å². The average molecular weight is 593 g/mol. The van der Waals surface area contributed by atoms with Crippen molar-refractivity contribution in [3.05, 3.63) is 102 Å². The highest BCUT2D eigenvalue weighted by Crippen LogP contribution is 2.25. The van der Waals surface area contributed by atoms with E-state index in [1.165, 1.54) is 16.4 Å². The molecule has 2 N–H and O–H groups in total. The fourth-order valence-corrected chi connectivity index (χ4v) is 5.80. The molecule has 5 rings (SSSR count). The Morgan fingerprint density at radius 2 is 1.74 bits per heavy atom. The molecule has 1 saturated heterocycles. The third-order valence-corrected chi connectivity index (χ3v) is 8.17. The van der Waals surface area contributed by atoms with Gasteiger partial charge in [-0.1, -0.05) is 30.3 Å². The van der Waals surface area contributed by atoms with Crippen molar-refractivity contribution in [3.63, 3.8) is 0 Å². The minimum absolute atomic E-state index is 0.168. The normalized spacial score (nSPS) is 15.8. The van der Waals surface area contributed by atoms with Crippen LogP contribution in [0.25, 0.3) is 10.9 Å². The molecule has 0 spiro atoms. The molecule has 1 fully saturated rings. The van der Waals surface area contributed by atoms with Gasteiger partial charge in [0.25, 0.3) is 11.3 Å². The molecule has 0 saturated carbocycles. The number of aliphatic carboxylic acids is 1. The SMILES string of the molecule is Cc1cc(COc2ccc(N(C[C@@H](C(=O)O)N3CCN(Cc4ccc(F)cc4)CC3)S(=O)O)cc2)c2ccccc2n1. The van der Waals surface area contributed by atoms with Gasteiger partial charge in [-0.05, 0) is 61.0 Å². The van der Waals surface area contributed by atoms with E-state index in [0.29, 0.717) is 50.8 Å². The van der Waals surface area contributed by atoms with Gasteiger partial charge in [0.2, 0.25) is 0 Å². The molecule has 220 valence electrons. The number of nitrogens with zero attached hydrogens (tertiary/aromatic N) is 4. The summed E-state index contributed by atoms with van der Waals surface area (Å²) in [5.41, 5.74) is 4.19. The number of para-hydroxylation sites is 1. The van der Waals surface area contributed by atoms with Crippen molar-refractivity contribution in [2.75, 3.05) is 37.0 Å². The molecule has 0 radical (unpaired) electrons. The molecule has 2 atom stereocenters. The second-order valence-electron chi connectivity index (χ2n) is 10.3. The molecular weight excluding hydrogens is 559 g/mol. The maximum atomic E-state index is 13.2. The number of anilines is 1. The molecule has 1 aliphatic rings. The van der Waals surface area contributed by atoms with E-state index in [1.54, 1.807) is 36.4 Å². The average Bonchev–Trinajstić information content (AvgIpc) is 2.98. The lowest BCUT2D eigenvalue weighted by atomic mass is 10.1. The molecule has 1 aliphatic heterocycles. The number of carboxylic acids is 1. The van der Waals surface area contributed by atoms with Crippen LogP contribution in [0.15, 0.2) is 78.9 Å². The lowest BCUT2D eigenvalue weighted by Crippen LogP contribution is -2.56. The fraction of sp³-hybridized carbons (Fsp3) is 0.290. The van der Waals surface area contributed by atoms with E-state index in [1.807, 2.05) is 42.2 Å². The number of piperazine rings is 1. The van der Waals surface area contributed by atoms with Crippen LogP contribution in [0.2, 0.25) is 0 Å². The zero-order valence-corrected chi connectivity index (χ0v) is 24.0. The zero-order chi connectivity index (χ0) is 29.6. The first-order chi connectivity index (χ1) is 20.3. The monoisotopic (exact) mass is 592 g/mol. The van der Waals surface area contributed by atoms with Gasteiger partial charge in [0.1, 0.15) is 24.2 Å². The summed E-state index contributed by atoms with van der Waals surface area (Å²) < 4.78 is 42.8. The summed E-state index contributed by atoms with van der Waals surface area (Å²) in [6.07, 6.45) is 0. The van der Waals surface area contributed by atoms with E-state index in [0.717, 1.165) is 27.7 Å². The highest BCUT2D eigenvalue weighted by Gasteiger charge is 2.32. The van der Waals surface area contributed by atoms with Gasteiger partial charge >= 0.3 is 5.97 Å². The molecule has 9 nitrogen and oxygen atoms in total. The summed E-state index contributed by atoms with van der Waals surface area (Å²) in [5.74, 6) is -0.764. The van der Waals surface area contributed by atoms with Crippen LogP contribution in [0.4, 0.5) is 10.1 Å². The Hall–Kier alpha value is -3.90. The smallest absolute Gasteiger partial charge is 0.322 e. The van der Waals surface area contributed by atoms with Crippen LogP contribution in [-0.2, 0) is 29.2 Å². The Bertz CT molecular complexity index is 1550. The van der Waals surface area contributed by atoms with Crippen molar-refractivity contribution < 1.29 is 27.8 Å². The Kier molecular flexibility index (Phi) is 9.43. The largest absolute Gasteiger partial charge is 0.489 e. The number of ether oxygens (including phenoxy) is 1. The molecule has 0 amide bonds. The number of hydrogen-bond donors (Lipinski definition) is 2. The molecule has 0 bridgehead atoms. The van der Waals surface area contributed by atoms with Crippen molar-refractivity contribution >= 4 is 33.8 Å². The van der Waals surface area contributed by atoms with Gasteiger partial charge in [-0.2, -0.15) is 0 Å². The molecule has 42 heavy (non-hydrogen) atoms. The van der Waals surface area contributed by atoms with Crippen LogP contribution in [0.5, 0.6) is 5.75 Å². The molecule has 1 unspecified atom stereocenters. The number of aromatic nitrogens is 1. The molecule has 3 aromatic carbocycles. The summed E-state index contributed by atoms with van der Waals surface area (Å²) in [5, 5.41) is 11.0. The third kappa shape index (κ3) is 7.29. The van der Waals surface area contributed by atoms with E-state index in [4.69, 9.17) is 4.74 Å². The highest BCUT2D eigenvalue weighted by atomic mass is 32.2. The quantitative estimate of drug-likeness (QED) is 0.246. The minimum Gasteiger partial charge on any atom is -0.489 e. The summed E-state index contributed by atoms with van der Waals surface area (Å²) in [4.78, 5) is 20.8. The number of carbonyl (C=O) groups is 1. The maximum absolute atomic E-state index is 13.2. The molecule has 11 heteroatoms. The lowest BCUT2D eigenvalue weighted by molar-refractivity contribution is -0.143. The van der Waals surface area contributed by atoms with Crippen LogP contribution in [0.3, 0.4) is 0 Å².